The van der Waals surface area contributed by atoms with Gasteiger partial charge in [-0.1, -0.05) is 24.7 Å². The Bertz CT molecular complexity index is 550. The van der Waals surface area contributed by atoms with Gasteiger partial charge in [0.2, 0.25) is 0 Å². The highest BCUT2D eigenvalue weighted by Gasteiger charge is 2.18. The SMILES string of the molecule is COc1ccc(C(=O)N2CCCCCC2)cc1C#CCN. The highest BCUT2D eigenvalue weighted by atomic mass is 16.5. The van der Waals surface area contributed by atoms with E-state index in [9.17, 15) is 4.79 Å². The van der Waals surface area contributed by atoms with Crippen LogP contribution in [-0.2, 0) is 0 Å². The number of likely N-dealkylation sites (tertiary alicyclic amines) is 1. The van der Waals surface area contributed by atoms with Crippen molar-refractivity contribution in [3.63, 3.8) is 0 Å². The summed E-state index contributed by atoms with van der Waals surface area (Å²) in [6.07, 6.45) is 4.59. The fourth-order valence-corrected chi connectivity index (χ4v) is 2.54. The number of ether oxygens (including phenoxy) is 1. The number of nitrogens with two attached hydrogens (primary N) is 1. The summed E-state index contributed by atoms with van der Waals surface area (Å²) in [6, 6.07) is 5.40. The molecule has 1 aliphatic rings. The predicted octanol–water partition coefficient (Wildman–Crippen LogP) is 2.02. The molecule has 1 saturated heterocycles. The summed E-state index contributed by atoms with van der Waals surface area (Å²) >= 11 is 0. The Morgan fingerprint density at radius 2 is 2.00 bits per heavy atom. The first-order valence-corrected chi connectivity index (χ1v) is 7.42. The molecule has 1 aromatic carbocycles. The minimum absolute atomic E-state index is 0.0790. The highest BCUT2D eigenvalue weighted by molar-refractivity contribution is 5.95. The molecular weight excluding hydrogens is 264 g/mol. The van der Waals surface area contributed by atoms with Crippen molar-refractivity contribution in [1.82, 2.24) is 4.90 Å². The molecule has 1 aromatic rings. The zero-order valence-corrected chi connectivity index (χ0v) is 12.5. The molecule has 0 atom stereocenters. The Kier molecular flexibility index (Phi) is 5.65. The predicted molar refractivity (Wildman–Crippen MR) is 83.3 cm³/mol. The van der Waals surface area contributed by atoms with E-state index in [2.05, 4.69) is 11.8 Å². The fraction of sp³-hybridized carbons (Fsp3) is 0.471. The molecule has 1 fully saturated rings. The minimum atomic E-state index is 0.0790. The number of benzene rings is 1. The van der Waals surface area contributed by atoms with Crippen LogP contribution < -0.4 is 10.5 Å². The maximum Gasteiger partial charge on any atom is 0.253 e. The van der Waals surface area contributed by atoms with Crippen LogP contribution in [0.3, 0.4) is 0 Å². The Labute approximate surface area is 126 Å². The van der Waals surface area contributed by atoms with Crippen LogP contribution in [0.2, 0.25) is 0 Å². The summed E-state index contributed by atoms with van der Waals surface area (Å²) in [7, 11) is 1.60. The van der Waals surface area contributed by atoms with E-state index in [-0.39, 0.29) is 12.5 Å². The molecule has 112 valence electrons. The quantitative estimate of drug-likeness (QED) is 0.846. The molecule has 4 heteroatoms. The van der Waals surface area contributed by atoms with Crippen LogP contribution in [0.1, 0.15) is 41.6 Å². The zero-order valence-electron chi connectivity index (χ0n) is 12.5. The van der Waals surface area contributed by atoms with Gasteiger partial charge in [0.05, 0.1) is 19.2 Å². The Morgan fingerprint density at radius 3 is 2.62 bits per heavy atom. The van der Waals surface area contributed by atoms with Crippen LogP contribution >= 0.6 is 0 Å². The van der Waals surface area contributed by atoms with Crippen molar-refractivity contribution in [2.45, 2.75) is 25.7 Å². The van der Waals surface area contributed by atoms with Gasteiger partial charge in [0, 0.05) is 18.7 Å². The van der Waals surface area contributed by atoms with Gasteiger partial charge < -0.3 is 15.4 Å². The first-order chi connectivity index (χ1) is 10.3. The lowest BCUT2D eigenvalue weighted by Gasteiger charge is -2.20. The first-order valence-electron chi connectivity index (χ1n) is 7.42. The number of rotatable bonds is 2. The van der Waals surface area contributed by atoms with E-state index in [0.29, 0.717) is 16.9 Å². The third-order valence-electron chi connectivity index (χ3n) is 3.66. The van der Waals surface area contributed by atoms with Gasteiger partial charge in [-0.05, 0) is 31.0 Å². The number of carbonyl (C=O) groups excluding carboxylic acids is 1. The molecule has 2 N–H and O–H groups in total. The number of amides is 1. The molecule has 0 bridgehead atoms. The van der Waals surface area contributed by atoms with Gasteiger partial charge in [0.15, 0.2) is 0 Å². The van der Waals surface area contributed by atoms with E-state index < -0.39 is 0 Å². The van der Waals surface area contributed by atoms with Crippen LogP contribution in [-0.4, -0.2) is 37.6 Å². The summed E-state index contributed by atoms with van der Waals surface area (Å²) in [6.45, 7) is 1.97. The molecule has 0 unspecified atom stereocenters. The summed E-state index contributed by atoms with van der Waals surface area (Å²) in [5, 5.41) is 0. The van der Waals surface area contributed by atoms with Gasteiger partial charge in [-0.2, -0.15) is 0 Å². The Balaban J connectivity index is 2.24. The number of hydrogen-bond donors (Lipinski definition) is 1. The van der Waals surface area contributed by atoms with Crippen LogP contribution in [0.15, 0.2) is 18.2 Å². The molecule has 0 spiro atoms. The maximum absolute atomic E-state index is 12.6. The average molecular weight is 286 g/mol. The van der Waals surface area contributed by atoms with Crippen LogP contribution in [0.5, 0.6) is 5.75 Å². The van der Waals surface area contributed by atoms with Crippen molar-refractivity contribution >= 4 is 5.91 Å². The molecule has 0 saturated carbocycles. The largest absolute Gasteiger partial charge is 0.495 e. The van der Waals surface area contributed by atoms with E-state index in [4.69, 9.17) is 10.5 Å². The van der Waals surface area contributed by atoms with Gasteiger partial charge in [0.1, 0.15) is 5.75 Å². The van der Waals surface area contributed by atoms with Crippen LogP contribution in [0.25, 0.3) is 0 Å². The van der Waals surface area contributed by atoms with Crippen molar-refractivity contribution in [2.75, 3.05) is 26.7 Å². The normalized spacial score (nSPS) is 14.9. The smallest absolute Gasteiger partial charge is 0.253 e. The first kappa shape index (κ1) is 15.4. The van der Waals surface area contributed by atoms with Gasteiger partial charge in [-0.15, -0.1) is 0 Å². The molecule has 1 amide bonds. The van der Waals surface area contributed by atoms with Crippen molar-refractivity contribution in [1.29, 1.82) is 0 Å². The van der Waals surface area contributed by atoms with Gasteiger partial charge in [-0.3, -0.25) is 4.79 Å². The standard InChI is InChI=1S/C17H22N2O2/c1-21-16-9-8-15(13-14(16)7-6-10-18)17(20)19-11-4-2-3-5-12-19/h8-9,13H,2-5,10-12,18H2,1H3. The fourth-order valence-electron chi connectivity index (χ4n) is 2.54. The minimum Gasteiger partial charge on any atom is -0.495 e. The summed E-state index contributed by atoms with van der Waals surface area (Å²) in [5.74, 6) is 6.52. The van der Waals surface area contributed by atoms with Gasteiger partial charge in [-0.25, -0.2) is 0 Å². The molecule has 1 heterocycles. The highest BCUT2D eigenvalue weighted by Crippen LogP contribution is 2.21. The van der Waals surface area contributed by atoms with Gasteiger partial charge in [0.25, 0.3) is 5.91 Å². The van der Waals surface area contributed by atoms with E-state index in [1.807, 2.05) is 4.90 Å². The zero-order chi connectivity index (χ0) is 15.1. The third-order valence-corrected chi connectivity index (χ3v) is 3.66. The van der Waals surface area contributed by atoms with Crippen molar-refractivity contribution in [3.8, 4) is 17.6 Å². The Hall–Kier alpha value is -1.99. The molecule has 21 heavy (non-hydrogen) atoms. The molecule has 0 radical (unpaired) electrons. The van der Waals surface area contributed by atoms with Gasteiger partial charge >= 0.3 is 0 Å². The molecule has 2 rings (SSSR count). The lowest BCUT2D eigenvalue weighted by atomic mass is 10.1. The second-order valence-corrected chi connectivity index (χ2v) is 5.13. The lowest BCUT2D eigenvalue weighted by Crippen LogP contribution is -2.31. The second-order valence-electron chi connectivity index (χ2n) is 5.13. The van der Waals surface area contributed by atoms with Crippen molar-refractivity contribution in [3.05, 3.63) is 29.3 Å². The number of nitrogens with zero attached hydrogens (tertiary/aromatic N) is 1. The topological polar surface area (TPSA) is 55.6 Å². The molecule has 0 aromatic heterocycles. The van der Waals surface area contributed by atoms with E-state index in [1.54, 1.807) is 25.3 Å². The lowest BCUT2D eigenvalue weighted by molar-refractivity contribution is 0.0761. The molecular formula is C17H22N2O2. The van der Waals surface area contributed by atoms with E-state index >= 15 is 0 Å². The third kappa shape index (κ3) is 3.99. The van der Waals surface area contributed by atoms with Crippen LogP contribution in [0, 0.1) is 11.8 Å². The van der Waals surface area contributed by atoms with E-state index in [0.717, 1.165) is 25.9 Å². The average Bonchev–Trinajstić information content (AvgIpc) is 2.81. The summed E-state index contributed by atoms with van der Waals surface area (Å²) < 4.78 is 5.27. The summed E-state index contributed by atoms with van der Waals surface area (Å²) in [4.78, 5) is 14.5. The van der Waals surface area contributed by atoms with E-state index in [1.165, 1.54) is 12.8 Å². The Morgan fingerprint density at radius 1 is 1.29 bits per heavy atom. The van der Waals surface area contributed by atoms with Crippen LogP contribution in [0.4, 0.5) is 0 Å². The molecule has 4 nitrogen and oxygen atoms in total. The second kappa shape index (κ2) is 7.70. The monoisotopic (exact) mass is 286 g/mol. The maximum atomic E-state index is 12.6. The number of carbonyl (C=O) groups is 1. The summed E-state index contributed by atoms with van der Waals surface area (Å²) in [5.41, 5.74) is 6.79. The van der Waals surface area contributed by atoms with Crippen molar-refractivity contribution < 1.29 is 9.53 Å². The molecule has 0 aliphatic carbocycles. The van der Waals surface area contributed by atoms with Crippen molar-refractivity contribution in [2.24, 2.45) is 5.73 Å². The number of hydrogen-bond acceptors (Lipinski definition) is 3. The molecule has 1 aliphatic heterocycles. The number of methoxy groups -OCH3 is 1.